The number of aryl methyl sites for hydroxylation is 1. The van der Waals surface area contributed by atoms with Gasteiger partial charge in [0.05, 0.1) is 0 Å². The summed E-state index contributed by atoms with van der Waals surface area (Å²) in [6.07, 6.45) is 10.5. The summed E-state index contributed by atoms with van der Waals surface area (Å²) in [6, 6.07) is 19.2. The van der Waals surface area contributed by atoms with Crippen LogP contribution in [-0.2, 0) is 12.8 Å². The second kappa shape index (κ2) is 7.82. The fourth-order valence-electron chi connectivity index (χ4n) is 3.13. The molecular weight excluding hydrogens is 278 g/mol. The Balaban J connectivity index is 1.82. The van der Waals surface area contributed by atoms with Crippen molar-refractivity contribution in [2.24, 2.45) is 0 Å². The number of nitrogens with one attached hydrogen (secondary N) is 1. The first-order valence-corrected chi connectivity index (χ1v) is 8.68. The minimum atomic E-state index is 0.986. The van der Waals surface area contributed by atoms with E-state index >= 15 is 0 Å². The number of unbranched alkanes of at least 4 members (excludes halogenated alkanes) is 2. The highest BCUT2D eigenvalue weighted by atomic mass is 14.7. The molecule has 118 valence electrons. The number of benzene rings is 2. The van der Waals surface area contributed by atoms with Gasteiger partial charge >= 0.3 is 0 Å². The van der Waals surface area contributed by atoms with Gasteiger partial charge in [-0.25, -0.2) is 0 Å². The van der Waals surface area contributed by atoms with E-state index in [9.17, 15) is 0 Å². The lowest BCUT2D eigenvalue weighted by Crippen LogP contribution is -1.91. The van der Waals surface area contributed by atoms with Crippen LogP contribution in [0.15, 0.2) is 60.7 Å². The molecule has 1 heterocycles. The Bertz CT molecular complexity index is 765. The predicted octanol–water partition coefficient (Wildman–Crippen LogP) is 6.16. The number of aromatic nitrogens is 1. The Hall–Kier alpha value is -2.28. The normalized spacial score (nSPS) is 11.5. The van der Waals surface area contributed by atoms with Crippen molar-refractivity contribution in [3.8, 4) is 0 Å². The van der Waals surface area contributed by atoms with Gasteiger partial charge in [-0.05, 0) is 36.5 Å². The highest BCUT2D eigenvalue weighted by Gasteiger charge is 2.09. The molecule has 0 atom stereocenters. The quantitative estimate of drug-likeness (QED) is 0.503. The molecule has 2 aromatic carbocycles. The zero-order valence-electron chi connectivity index (χ0n) is 13.9. The van der Waals surface area contributed by atoms with Crippen molar-refractivity contribution < 1.29 is 0 Å². The third-order valence-corrected chi connectivity index (χ3v) is 4.36. The molecule has 23 heavy (non-hydrogen) atoms. The number of hydrogen-bond donors (Lipinski definition) is 1. The Morgan fingerprint density at radius 2 is 1.70 bits per heavy atom. The number of fused-ring (bicyclic) bond motifs is 1. The number of hydrogen-bond acceptors (Lipinski definition) is 0. The summed E-state index contributed by atoms with van der Waals surface area (Å²) in [6.45, 7) is 2.26. The van der Waals surface area contributed by atoms with Crippen LogP contribution in [0.1, 0.15) is 43.0 Å². The number of H-pyrrole nitrogens is 1. The van der Waals surface area contributed by atoms with Gasteiger partial charge in [0.25, 0.3) is 0 Å². The molecule has 0 aliphatic carbocycles. The van der Waals surface area contributed by atoms with Crippen molar-refractivity contribution in [3.05, 3.63) is 77.5 Å². The van der Waals surface area contributed by atoms with Crippen LogP contribution in [0.2, 0.25) is 0 Å². The molecule has 1 N–H and O–H groups in total. The first-order chi connectivity index (χ1) is 11.4. The van der Waals surface area contributed by atoms with Crippen LogP contribution < -0.4 is 0 Å². The van der Waals surface area contributed by atoms with Gasteiger partial charge in [0.2, 0.25) is 0 Å². The number of aromatic amines is 1. The Morgan fingerprint density at radius 1 is 0.913 bits per heavy atom. The third-order valence-electron chi connectivity index (χ3n) is 4.36. The summed E-state index contributed by atoms with van der Waals surface area (Å²) in [5.41, 5.74) is 5.41. The van der Waals surface area contributed by atoms with E-state index in [4.69, 9.17) is 0 Å². The number of allylic oxidation sites excluding steroid dienone is 1. The van der Waals surface area contributed by atoms with Crippen molar-refractivity contribution in [2.75, 3.05) is 0 Å². The summed E-state index contributed by atoms with van der Waals surface area (Å²) in [7, 11) is 0. The van der Waals surface area contributed by atoms with Gasteiger partial charge in [-0.15, -0.1) is 0 Å². The smallest absolute Gasteiger partial charge is 0.0459 e. The van der Waals surface area contributed by atoms with E-state index in [0.29, 0.717) is 0 Å². The molecule has 0 aliphatic rings. The molecule has 0 spiro atoms. The first-order valence-electron chi connectivity index (χ1n) is 8.68. The molecule has 0 unspecified atom stereocenters. The molecule has 0 saturated carbocycles. The summed E-state index contributed by atoms with van der Waals surface area (Å²) >= 11 is 0. The van der Waals surface area contributed by atoms with E-state index in [1.807, 2.05) is 0 Å². The topological polar surface area (TPSA) is 15.8 Å². The zero-order chi connectivity index (χ0) is 15.9. The van der Waals surface area contributed by atoms with Gasteiger partial charge in [0.1, 0.15) is 0 Å². The van der Waals surface area contributed by atoms with E-state index in [-0.39, 0.29) is 0 Å². The molecule has 1 heteroatoms. The van der Waals surface area contributed by atoms with E-state index < -0.39 is 0 Å². The molecule has 0 aliphatic heterocycles. The molecule has 0 radical (unpaired) electrons. The maximum atomic E-state index is 3.64. The number of para-hydroxylation sites is 1. The van der Waals surface area contributed by atoms with E-state index in [2.05, 4.69) is 78.7 Å². The van der Waals surface area contributed by atoms with E-state index in [1.54, 1.807) is 0 Å². The van der Waals surface area contributed by atoms with Crippen molar-refractivity contribution in [3.63, 3.8) is 0 Å². The summed E-state index contributed by atoms with van der Waals surface area (Å²) < 4.78 is 0. The van der Waals surface area contributed by atoms with Crippen LogP contribution in [-0.4, -0.2) is 4.98 Å². The standard InChI is InChI=1S/C22H25N/c1-2-3-5-16-21-20(19-14-8-9-17-22(19)23-21)15-10-13-18-11-6-4-7-12-18/h4,6-14,17,23H,2-3,5,15-16H2,1H3/b13-10+. The van der Waals surface area contributed by atoms with E-state index in [1.165, 1.54) is 47.0 Å². The fourth-order valence-corrected chi connectivity index (χ4v) is 3.13. The highest BCUT2D eigenvalue weighted by Crippen LogP contribution is 2.25. The second-order valence-corrected chi connectivity index (χ2v) is 6.10. The lowest BCUT2D eigenvalue weighted by Gasteiger charge is -2.02. The van der Waals surface area contributed by atoms with Crippen molar-refractivity contribution in [2.45, 2.75) is 39.0 Å². The van der Waals surface area contributed by atoms with Gasteiger partial charge in [-0.1, -0.05) is 80.4 Å². The maximum Gasteiger partial charge on any atom is 0.0459 e. The van der Waals surface area contributed by atoms with Crippen molar-refractivity contribution in [1.29, 1.82) is 0 Å². The largest absolute Gasteiger partial charge is 0.358 e. The Kier molecular flexibility index (Phi) is 5.31. The molecule has 3 rings (SSSR count). The zero-order valence-corrected chi connectivity index (χ0v) is 13.9. The van der Waals surface area contributed by atoms with Crippen molar-refractivity contribution in [1.82, 2.24) is 4.98 Å². The molecular formula is C22H25N. The van der Waals surface area contributed by atoms with Gasteiger partial charge in [-0.2, -0.15) is 0 Å². The highest BCUT2D eigenvalue weighted by molar-refractivity contribution is 5.85. The van der Waals surface area contributed by atoms with Crippen LogP contribution in [0, 0.1) is 0 Å². The monoisotopic (exact) mass is 303 g/mol. The maximum absolute atomic E-state index is 3.64. The van der Waals surface area contributed by atoms with Crippen molar-refractivity contribution >= 4 is 17.0 Å². The van der Waals surface area contributed by atoms with Gasteiger partial charge in [0.15, 0.2) is 0 Å². The van der Waals surface area contributed by atoms with Crippen LogP contribution in [0.3, 0.4) is 0 Å². The summed E-state index contributed by atoms with van der Waals surface area (Å²) in [5.74, 6) is 0. The minimum Gasteiger partial charge on any atom is -0.358 e. The average Bonchev–Trinajstić information content (AvgIpc) is 2.94. The molecule has 0 saturated heterocycles. The predicted molar refractivity (Wildman–Crippen MR) is 101 cm³/mol. The average molecular weight is 303 g/mol. The van der Waals surface area contributed by atoms with Gasteiger partial charge < -0.3 is 4.98 Å². The molecule has 0 bridgehead atoms. The lowest BCUT2D eigenvalue weighted by molar-refractivity contribution is 0.707. The van der Waals surface area contributed by atoms with Crippen LogP contribution >= 0.6 is 0 Å². The Labute approximate surface area is 139 Å². The lowest BCUT2D eigenvalue weighted by atomic mass is 10.0. The van der Waals surface area contributed by atoms with Crippen LogP contribution in [0.4, 0.5) is 0 Å². The summed E-state index contributed by atoms with van der Waals surface area (Å²) in [5, 5.41) is 1.37. The fraction of sp³-hybridized carbons (Fsp3) is 0.273. The summed E-state index contributed by atoms with van der Waals surface area (Å²) in [4.78, 5) is 3.64. The number of rotatable bonds is 7. The van der Waals surface area contributed by atoms with Gasteiger partial charge in [0, 0.05) is 16.6 Å². The molecule has 1 aromatic heterocycles. The molecule has 0 amide bonds. The van der Waals surface area contributed by atoms with Crippen LogP contribution in [0.5, 0.6) is 0 Å². The second-order valence-electron chi connectivity index (χ2n) is 6.10. The third kappa shape index (κ3) is 3.92. The van der Waals surface area contributed by atoms with E-state index in [0.717, 1.165) is 12.8 Å². The molecule has 3 aromatic rings. The molecule has 1 nitrogen and oxygen atoms in total. The Morgan fingerprint density at radius 3 is 2.52 bits per heavy atom. The van der Waals surface area contributed by atoms with Crippen LogP contribution in [0.25, 0.3) is 17.0 Å². The SMILES string of the molecule is CCCCCc1[nH]c2ccccc2c1C/C=C/c1ccccc1. The van der Waals surface area contributed by atoms with Gasteiger partial charge in [-0.3, -0.25) is 0 Å². The minimum absolute atomic E-state index is 0.986. The molecule has 0 fully saturated rings. The first kappa shape index (κ1) is 15.6.